The third kappa shape index (κ3) is 4.75. The fourth-order valence-electron chi connectivity index (χ4n) is 2.12. The Labute approximate surface area is 139 Å². The fraction of sp³-hybridized carbons (Fsp3) is 0.429. The summed E-state index contributed by atoms with van der Waals surface area (Å²) in [6.07, 6.45) is 1.93. The van der Waals surface area contributed by atoms with Crippen LogP contribution in [0.1, 0.15) is 42.1 Å². The zero-order valence-electron chi connectivity index (χ0n) is 13.5. The van der Waals surface area contributed by atoms with E-state index in [-0.39, 0.29) is 16.9 Å². The van der Waals surface area contributed by atoms with Crippen molar-refractivity contribution >= 4 is 27.4 Å². The highest BCUT2D eigenvalue weighted by molar-refractivity contribution is 7.91. The van der Waals surface area contributed by atoms with Crippen LogP contribution in [0.2, 0.25) is 0 Å². The molecule has 0 aliphatic rings. The topological polar surface area (TPSA) is 159 Å². The predicted octanol–water partition coefficient (Wildman–Crippen LogP) is 1.28. The van der Waals surface area contributed by atoms with E-state index in [1.165, 1.54) is 6.92 Å². The summed E-state index contributed by atoms with van der Waals surface area (Å²) in [5.74, 6) is -1.55. The monoisotopic (exact) mass is 356 g/mol. The van der Waals surface area contributed by atoms with E-state index in [0.29, 0.717) is 12.8 Å². The first-order valence-corrected chi connectivity index (χ1v) is 8.91. The van der Waals surface area contributed by atoms with Crippen LogP contribution >= 0.6 is 0 Å². The number of nitrogens with zero attached hydrogens (tertiary/aromatic N) is 2. The molecule has 1 aromatic carbocycles. The number of unbranched alkanes of at least 4 members (excludes halogenated alkanes) is 2. The van der Waals surface area contributed by atoms with Crippen LogP contribution in [-0.4, -0.2) is 31.0 Å². The summed E-state index contributed by atoms with van der Waals surface area (Å²) in [6.45, 7) is 3.38. The zero-order valence-corrected chi connectivity index (χ0v) is 14.3. The Morgan fingerprint density at radius 2 is 1.92 bits per heavy atom. The lowest BCUT2D eigenvalue weighted by molar-refractivity contribution is -0.387. The third-order valence-electron chi connectivity index (χ3n) is 3.32. The van der Waals surface area contributed by atoms with Crippen molar-refractivity contribution in [2.45, 2.75) is 38.0 Å². The number of guanidine groups is 1. The SMILES string of the molecule is CCCCCS(=O)(=O)c1cc(C)c(C(=O)N=C(N)N)cc1[N+](=O)[O-]. The van der Waals surface area contributed by atoms with E-state index in [9.17, 15) is 23.3 Å². The molecule has 10 heteroatoms. The van der Waals surface area contributed by atoms with Crippen molar-refractivity contribution in [3.63, 3.8) is 0 Å². The van der Waals surface area contributed by atoms with Crippen LogP contribution in [0.4, 0.5) is 5.69 Å². The van der Waals surface area contributed by atoms with Crippen molar-refractivity contribution in [2.75, 3.05) is 5.75 Å². The highest BCUT2D eigenvalue weighted by Crippen LogP contribution is 2.29. The fourth-order valence-corrected chi connectivity index (χ4v) is 3.73. The highest BCUT2D eigenvalue weighted by atomic mass is 32.2. The van der Waals surface area contributed by atoms with E-state index < -0.39 is 37.2 Å². The standard InChI is InChI=1S/C14H20N4O5S/c1-3-4-5-6-24(22,23)12-7-9(2)10(8-11(12)18(20)21)13(19)17-14(15)16/h7-8H,3-6H2,1-2H3,(H4,15,16,17,19). The maximum atomic E-state index is 12.4. The second-order valence-electron chi connectivity index (χ2n) is 5.26. The lowest BCUT2D eigenvalue weighted by Gasteiger charge is -2.09. The van der Waals surface area contributed by atoms with Gasteiger partial charge in [0.2, 0.25) is 0 Å². The third-order valence-corrected chi connectivity index (χ3v) is 5.14. The van der Waals surface area contributed by atoms with E-state index in [1.54, 1.807) is 0 Å². The van der Waals surface area contributed by atoms with Gasteiger partial charge in [0.05, 0.1) is 16.2 Å². The number of benzene rings is 1. The van der Waals surface area contributed by atoms with Gasteiger partial charge in [-0.3, -0.25) is 14.9 Å². The molecule has 0 aliphatic carbocycles. The summed E-state index contributed by atoms with van der Waals surface area (Å²) in [5.41, 5.74) is 9.70. The molecule has 0 heterocycles. The van der Waals surface area contributed by atoms with Crippen LogP contribution < -0.4 is 11.5 Å². The molecule has 0 spiro atoms. The summed E-state index contributed by atoms with van der Waals surface area (Å²) in [5, 5.41) is 11.3. The van der Waals surface area contributed by atoms with Crippen LogP contribution in [-0.2, 0) is 9.84 Å². The highest BCUT2D eigenvalue weighted by Gasteiger charge is 2.28. The van der Waals surface area contributed by atoms with Crippen LogP contribution in [0.3, 0.4) is 0 Å². The molecule has 0 aliphatic heterocycles. The summed E-state index contributed by atoms with van der Waals surface area (Å²) in [6, 6.07) is 2.02. The Kier molecular flexibility index (Phi) is 6.41. The lowest BCUT2D eigenvalue weighted by atomic mass is 10.1. The molecule has 1 rings (SSSR count). The summed E-state index contributed by atoms with van der Waals surface area (Å²) in [4.78, 5) is 25.2. The van der Waals surface area contributed by atoms with Crippen LogP contribution in [0.15, 0.2) is 22.0 Å². The van der Waals surface area contributed by atoms with Crippen molar-refractivity contribution in [3.8, 4) is 0 Å². The van der Waals surface area contributed by atoms with Gasteiger partial charge in [-0.15, -0.1) is 0 Å². The number of carbonyl (C=O) groups excluding carboxylic acids is 1. The van der Waals surface area contributed by atoms with Gasteiger partial charge in [0.15, 0.2) is 15.8 Å². The molecular formula is C14H20N4O5S. The number of nitro groups is 1. The van der Waals surface area contributed by atoms with Crippen molar-refractivity contribution in [2.24, 2.45) is 16.5 Å². The van der Waals surface area contributed by atoms with E-state index in [2.05, 4.69) is 4.99 Å². The van der Waals surface area contributed by atoms with Crippen LogP contribution in [0, 0.1) is 17.0 Å². The van der Waals surface area contributed by atoms with Gasteiger partial charge in [-0.2, -0.15) is 4.99 Å². The van der Waals surface area contributed by atoms with E-state index in [0.717, 1.165) is 18.6 Å². The Hall–Kier alpha value is -2.49. The average molecular weight is 356 g/mol. The van der Waals surface area contributed by atoms with Gasteiger partial charge >= 0.3 is 0 Å². The molecule has 0 bridgehead atoms. The summed E-state index contributed by atoms with van der Waals surface area (Å²) in [7, 11) is -3.83. The van der Waals surface area contributed by atoms with Gasteiger partial charge in [-0.25, -0.2) is 8.42 Å². The molecule has 0 radical (unpaired) electrons. The smallest absolute Gasteiger partial charge is 0.288 e. The molecule has 1 aromatic rings. The first-order chi connectivity index (χ1) is 11.1. The number of aryl methyl sites for hydroxylation is 1. The maximum absolute atomic E-state index is 12.4. The quantitative estimate of drug-likeness (QED) is 0.245. The number of carbonyl (C=O) groups is 1. The average Bonchev–Trinajstić information content (AvgIpc) is 2.45. The minimum absolute atomic E-state index is 0.123. The second kappa shape index (κ2) is 7.86. The number of hydrogen-bond acceptors (Lipinski definition) is 5. The van der Waals surface area contributed by atoms with Crippen molar-refractivity contribution in [3.05, 3.63) is 33.4 Å². The van der Waals surface area contributed by atoms with Crippen LogP contribution in [0.5, 0.6) is 0 Å². The van der Waals surface area contributed by atoms with Gasteiger partial charge in [0, 0.05) is 6.07 Å². The molecule has 4 N–H and O–H groups in total. The Balaban J connectivity index is 3.43. The largest absolute Gasteiger partial charge is 0.370 e. The van der Waals surface area contributed by atoms with Gasteiger partial charge in [0.25, 0.3) is 11.6 Å². The summed E-state index contributed by atoms with van der Waals surface area (Å²) < 4.78 is 24.8. The van der Waals surface area contributed by atoms with E-state index in [1.807, 2.05) is 6.92 Å². The number of amides is 1. The lowest BCUT2D eigenvalue weighted by Crippen LogP contribution is -2.24. The summed E-state index contributed by atoms with van der Waals surface area (Å²) >= 11 is 0. The molecule has 0 aromatic heterocycles. The molecule has 0 saturated carbocycles. The molecule has 0 saturated heterocycles. The van der Waals surface area contributed by atoms with Gasteiger partial charge < -0.3 is 11.5 Å². The van der Waals surface area contributed by atoms with Gasteiger partial charge in [-0.05, 0) is 25.0 Å². The minimum Gasteiger partial charge on any atom is -0.370 e. The number of aliphatic imine (C=N–C) groups is 1. The molecule has 0 atom stereocenters. The molecule has 1 amide bonds. The van der Waals surface area contributed by atoms with E-state index in [4.69, 9.17) is 11.5 Å². The number of nitrogens with two attached hydrogens (primary N) is 2. The zero-order chi connectivity index (χ0) is 18.5. The Morgan fingerprint density at radius 3 is 2.42 bits per heavy atom. The first kappa shape index (κ1) is 19.6. The normalized spacial score (nSPS) is 11.1. The van der Waals surface area contributed by atoms with Crippen molar-refractivity contribution < 1.29 is 18.1 Å². The van der Waals surface area contributed by atoms with Gasteiger partial charge in [-0.1, -0.05) is 19.8 Å². The Morgan fingerprint density at radius 1 is 1.29 bits per heavy atom. The molecule has 0 unspecified atom stereocenters. The maximum Gasteiger partial charge on any atom is 0.288 e. The molecule has 132 valence electrons. The molecule has 9 nitrogen and oxygen atoms in total. The van der Waals surface area contributed by atoms with Gasteiger partial charge in [0.1, 0.15) is 4.90 Å². The van der Waals surface area contributed by atoms with Crippen molar-refractivity contribution in [1.82, 2.24) is 0 Å². The number of nitro benzene ring substituents is 1. The van der Waals surface area contributed by atoms with Crippen molar-refractivity contribution in [1.29, 1.82) is 0 Å². The molecule has 0 fully saturated rings. The first-order valence-electron chi connectivity index (χ1n) is 7.26. The van der Waals surface area contributed by atoms with E-state index >= 15 is 0 Å². The number of sulfone groups is 1. The number of rotatable bonds is 7. The van der Waals surface area contributed by atoms with Crippen LogP contribution in [0.25, 0.3) is 0 Å². The Bertz CT molecular complexity index is 783. The second-order valence-corrected chi connectivity index (χ2v) is 7.34. The molecule has 24 heavy (non-hydrogen) atoms. The predicted molar refractivity (Wildman–Crippen MR) is 89.6 cm³/mol. The molecular weight excluding hydrogens is 336 g/mol. The minimum atomic E-state index is -3.83. The number of hydrogen-bond donors (Lipinski definition) is 2.